The highest BCUT2D eigenvalue weighted by atomic mass is 79.9. The van der Waals surface area contributed by atoms with E-state index in [0.29, 0.717) is 33.7 Å². The maximum Gasteiger partial charge on any atom is 0.416 e. The molecule has 1 unspecified atom stereocenters. The number of halogens is 5. The van der Waals surface area contributed by atoms with Crippen LogP contribution in [0.5, 0.6) is 0 Å². The molecule has 2 amide bonds. The molecule has 0 saturated carbocycles. The highest BCUT2D eigenvalue weighted by Gasteiger charge is 2.32. The predicted molar refractivity (Wildman–Crippen MR) is 133 cm³/mol. The van der Waals surface area contributed by atoms with Gasteiger partial charge in [0.25, 0.3) is 5.91 Å². The summed E-state index contributed by atoms with van der Waals surface area (Å²) >= 11 is 6.60. The lowest BCUT2D eigenvalue weighted by Crippen LogP contribution is -2.39. The number of carboxylic acid groups (broad SMARTS) is 1. The summed E-state index contributed by atoms with van der Waals surface area (Å²) in [5, 5.41) is 19.6. The number of rotatable bonds is 8. The molecule has 0 aromatic heterocycles. The summed E-state index contributed by atoms with van der Waals surface area (Å²) in [6, 6.07) is 6.82. The van der Waals surface area contributed by atoms with Crippen LogP contribution >= 0.6 is 31.9 Å². The Bertz CT molecular complexity index is 1190. The molecule has 0 fully saturated rings. The second-order valence-corrected chi connectivity index (χ2v) is 9.51. The van der Waals surface area contributed by atoms with Crippen LogP contribution in [0.1, 0.15) is 33.9 Å². The van der Waals surface area contributed by atoms with Crippen LogP contribution in [0.15, 0.2) is 50.3 Å². The van der Waals surface area contributed by atoms with E-state index >= 15 is 0 Å². The van der Waals surface area contributed by atoms with Crippen LogP contribution in [0.2, 0.25) is 0 Å². The van der Waals surface area contributed by atoms with Crippen molar-refractivity contribution in [2.75, 3.05) is 25.0 Å². The monoisotopic (exact) mass is 633 g/mol. The summed E-state index contributed by atoms with van der Waals surface area (Å²) in [4.78, 5) is 40.4. The number of nitrogens with zero attached hydrogens (tertiary/aromatic N) is 1. The Kier molecular flexibility index (Phi) is 8.95. The Morgan fingerprint density at radius 3 is 2.36 bits per heavy atom. The minimum Gasteiger partial charge on any atom is -0.481 e. The van der Waals surface area contributed by atoms with Gasteiger partial charge < -0.3 is 26.4 Å². The maximum absolute atomic E-state index is 13.4. The van der Waals surface area contributed by atoms with E-state index in [1.165, 1.54) is 6.07 Å². The highest BCUT2D eigenvalue weighted by Crippen LogP contribution is 2.32. The molecule has 0 bridgehead atoms. The van der Waals surface area contributed by atoms with Gasteiger partial charge in [-0.15, -0.1) is 0 Å². The number of carbonyl (C=O) groups is 3. The molecule has 0 aliphatic carbocycles. The van der Waals surface area contributed by atoms with Crippen molar-refractivity contribution in [1.29, 1.82) is 0 Å². The van der Waals surface area contributed by atoms with Crippen LogP contribution in [-0.4, -0.2) is 48.5 Å². The molecule has 2 aromatic rings. The van der Waals surface area contributed by atoms with Crippen molar-refractivity contribution in [3.05, 3.63) is 62.0 Å². The average Bonchev–Trinajstić information content (AvgIpc) is 3.28. The number of hydrogen-bond acceptors (Lipinski definition) is 6. The molecule has 0 radical (unpaired) electrons. The Morgan fingerprint density at radius 1 is 1.08 bits per heavy atom. The van der Waals surface area contributed by atoms with Gasteiger partial charge in [0.2, 0.25) is 5.91 Å². The second-order valence-electron chi connectivity index (χ2n) is 7.68. The first-order valence-electron chi connectivity index (χ1n) is 10.4. The van der Waals surface area contributed by atoms with E-state index in [1.54, 1.807) is 18.2 Å². The number of nitrogens with one attached hydrogen (secondary N) is 4. The minimum atomic E-state index is -4.71. The smallest absolute Gasteiger partial charge is 0.416 e. The van der Waals surface area contributed by atoms with Crippen molar-refractivity contribution >= 4 is 61.3 Å². The number of aliphatic imine (C=N–C) groups is 1. The molecule has 3 rings (SSSR count). The fraction of sp³-hybridized carbons (Fsp3) is 0.273. The van der Waals surface area contributed by atoms with E-state index in [1.807, 2.05) is 0 Å². The molecule has 1 heterocycles. The first-order valence-corrected chi connectivity index (χ1v) is 12.0. The number of aliphatic carboxylic acids is 1. The molecule has 1 aliphatic rings. The summed E-state index contributed by atoms with van der Waals surface area (Å²) in [6.07, 6.45) is -5.14. The average molecular weight is 635 g/mol. The third-order valence-corrected chi connectivity index (χ3v) is 5.79. The van der Waals surface area contributed by atoms with Crippen molar-refractivity contribution in [2.45, 2.75) is 18.6 Å². The zero-order valence-electron chi connectivity index (χ0n) is 18.4. The highest BCUT2D eigenvalue weighted by molar-refractivity contribution is 9.11. The topological polar surface area (TPSA) is 132 Å². The molecule has 1 aliphatic heterocycles. The SMILES string of the molecule is O=C(O)CC(NC(=O)CNC(=O)c1cc(NC2=NCCN2)cc(C(F)(F)F)c1)c1cc(Br)cc(Br)c1. The third kappa shape index (κ3) is 7.95. The van der Waals surface area contributed by atoms with Gasteiger partial charge in [0.15, 0.2) is 5.96 Å². The molecule has 14 heteroatoms. The molecule has 1 atom stereocenters. The van der Waals surface area contributed by atoms with E-state index in [-0.39, 0.29) is 17.2 Å². The van der Waals surface area contributed by atoms with Crippen LogP contribution in [-0.2, 0) is 15.8 Å². The van der Waals surface area contributed by atoms with Crippen molar-refractivity contribution in [1.82, 2.24) is 16.0 Å². The number of benzene rings is 2. The Hall–Kier alpha value is -3.13. The molecular weight excluding hydrogens is 615 g/mol. The van der Waals surface area contributed by atoms with E-state index in [2.05, 4.69) is 58.1 Å². The molecule has 192 valence electrons. The number of amides is 2. The van der Waals surface area contributed by atoms with Crippen molar-refractivity contribution in [2.24, 2.45) is 4.99 Å². The van der Waals surface area contributed by atoms with E-state index in [0.717, 1.165) is 6.07 Å². The number of carboxylic acids is 1. The van der Waals surface area contributed by atoms with Crippen LogP contribution in [0.3, 0.4) is 0 Å². The summed E-state index contributed by atoms with van der Waals surface area (Å²) in [5.74, 6) is -2.52. The Labute approximate surface area is 220 Å². The predicted octanol–water partition coefficient (Wildman–Crippen LogP) is 3.66. The minimum absolute atomic E-state index is 0.00525. The lowest BCUT2D eigenvalue weighted by atomic mass is 10.0. The van der Waals surface area contributed by atoms with Gasteiger partial charge in [0.1, 0.15) is 0 Å². The molecule has 0 spiro atoms. The zero-order valence-corrected chi connectivity index (χ0v) is 21.6. The molecule has 2 aromatic carbocycles. The van der Waals surface area contributed by atoms with Gasteiger partial charge in [-0.05, 0) is 42.0 Å². The third-order valence-electron chi connectivity index (χ3n) is 4.87. The summed E-state index contributed by atoms with van der Waals surface area (Å²) in [6.45, 7) is 0.407. The van der Waals surface area contributed by atoms with E-state index < -0.39 is 48.5 Å². The second kappa shape index (κ2) is 11.7. The first kappa shape index (κ1) is 27.5. The van der Waals surface area contributed by atoms with Gasteiger partial charge in [0.05, 0.1) is 31.1 Å². The maximum atomic E-state index is 13.4. The Balaban J connectivity index is 1.71. The van der Waals surface area contributed by atoms with E-state index in [4.69, 9.17) is 0 Å². The number of guanidine groups is 1. The van der Waals surface area contributed by atoms with Gasteiger partial charge in [-0.25, -0.2) is 0 Å². The molecular formula is C22H20Br2F3N5O4. The largest absolute Gasteiger partial charge is 0.481 e. The van der Waals surface area contributed by atoms with Crippen LogP contribution in [0.4, 0.5) is 18.9 Å². The van der Waals surface area contributed by atoms with Gasteiger partial charge >= 0.3 is 12.1 Å². The Morgan fingerprint density at radius 2 is 1.78 bits per heavy atom. The standard InChI is InChI=1S/C22H20Br2F3N5O4/c23-14-4-11(5-15(24)8-14)17(9-19(34)35)32-18(33)10-30-20(36)12-3-13(22(25,26)27)7-16(6-12)31-21-28-1-2-29-21/h3-8,17H,1-2,9-10H2,(H,30,36)(H,32,33)(H,34,35)(H2,28,29,31). The first-order chi connectivity index (χ1) is 16.9. The zero-order chi connectivity index (χ0) is 26.5. The fourth-order valence-electron chi connectivity index (χ4n) is 3.32. The van der Waals surface area contributed by atoms with Crippen LogP contribution in [0.25, 0.3) is 0 Å². The van der Waals surface area contributed by atoms with Gasteiger partial charge in [-0.1, -0.05) is 31.9 Å². The number of hydrogen-bond donors (Lipinski definition) is 5. The van der Waals surface area contributed by atoms with Gasteiger partial charge in [-0.3, -0.25) is 19.4 Å². The van der Waals surface area contributed by atoms with Crippen LogP contribution in [0, 0.1) is 0 Å². The normalized spacial score (nSPS) is 13.9. The van der Waals surface area contributed by atoms with Crippen molar-refractivity contribution in [3.8, 4) is 0 Å². The summed E-state index contributed by atoms with van der Waals surface area (Å²) in [7, 11) is 0. The summed E-state index contributed by atoms with van der Waals surface area (Å²) < 4.78 is 41.4. The lowest BCUT2D eigenvalue weighted by molar-refractivity contribution is -0.138. The number of anilines is 1. The van der Waals surface area contributed by atoms with Crippen molar-refractivity contribution < 1.29 is 32.7 Å². The number of carbonyl (C=O) groups excluding carboxylic acids is 2. The quantitative estimate of drug-likeness (QED) is 0.301. The number of alkyl halides is 3. The van der Waals surface area contributed by atoms with Crippen molar-refractivity contribution in [3.63, 3.8) is 0 Å². The molecule has 5 N–H and O–H groups in total. The lowest BCUT2D eigenvalue weighted by Gasteiger charge is -2.19. The van der Waals surface area contributed by atoms with Crippen LogP contribution < -0.4 is 21.3 Å². The van der Waals surface area contributed by atoms with Gasteiger partial charge in [0, 0.05) is 26.7 Å². The molecule has 9 nitrogen and oxygen atoms in total. The van der Waals surface area contributed by atoms with E-state index in [9.17, 15) is 32.7 Å². The summed E-state index contributed by atoms with van der Waals surface area (Å²) in [5.41, 5.74) is -0.885. The molecule has 0 saturated heterocycles. The molecule has 36 heavy (non-hydrogen) atoms. The van der Waals surface area contributed by atoms with Gasteiger partial charge in [-0.2, -0.15) is 13.2 Å². The fourth-order valence-corrected chi connectivity index (χ4v) is 4.65.